The molecule has 0 spiro atoms. The number of nitrogens with one attached hydrogen (secondary N) is 1. The maximum atomic E-state index is 12.3. The Morgan fingerprint density at radius 3 is 2.43 bits per heavy atom. The number of carbonyl (C=O) groups excluding carboxylic acids is 1. The van der Waals surface area contributed by atoms with Gasteiger partial charge in [-0.05, 0) is 55.0 Å². The summed E-state index contributed by atoms with van der Waals surface area (Å²) in [7, 11) is 0. The Bertz CT molecular complexity index is 1080. The van der Waals surface area contributed by atoms with E-state index >= 15 is 0 Å². The van der Waals surface area contributed by atoms with Crippen LogP contribution in [0, 0.1) is 0 Å². The average Bonchev–Trinajstić information content (AvgIpc) is 3.27. The molecule has 0 fully saturated rings. The molecule has 2 heterocycles. The van der Waals surface area contributed by atoms with Crippen molar-refractivity contribution in [2.75, 3.05) is 6.54 Å². The molecule has 4 aromatic rings. The fourth-order valence-corrected chi connectivity index (χ4v) is 3.77. The van der Waals surface area contributed by atoms with Gasteiger partial charge >= 0.3 is 0 Å². The number of aromatic nitrogens is 2. The number of pyridine rings is 1. The van der Waals surface area contributed by atoms with Crippen LogP contribution < -0.4 is 10.1 Å². The third-order valence-corrected chi connectivity index (χ3v) is 5.38. The van der Waals surface area contributed by atoms with E-state index in [0.717, 1.165) is 34.9 Å². The number of carbonyl (C=O) groups is 1. The molecule has 6 heteroatoms. The molecule has 150 valence electrons. The molecule has 1 amide bonds. The Morgan fingerprint density at radius 2 is 1.67 bits per heavy atom. The number of benzene rings is 2. The van der Waals surface area contributed by atoms with Crippen molar-refractivity contribution < 1.29 is 9.53 Å². The van der Waals surface area contributed by atoms with E-state index in [0.29, 0.717) is 17.9 Å². The van der Waals surface area contributed by atoms with Crippen molar-refractivity contribution in [3.05, 3.63) is 95.1 Å². The van der Waals surface area contributed by atoms with E-state index in [9.17, 15) is 4.79 Å². The van der Waals surface area contributed by atoms with Crippen molar-refractivity contribution in [2.24, 2.45) is 0 Å². The first-order valence-corrected chi connectivity index (χ1v) is 10.6. The molecular formula is C24H21N3O2S. The molecule has 0 saturated carbocycles. The van der Waals surface area contributed by atoms with Crippen LogP contribution in [0.2, 0.25) is 0 Å². The van der Waals surface area contributed by atoms with Gasteiger partial charge in [0.15, 0.2) is 0 Å². The minimum atomic E-state index is -0.0853. The lowest BCUT2D eigenvalue weighted by Crippen LogP contribution is -2.24. The SMILES string of the molecule is O=C(NCCCc1nc(-c2ccncc2)cs1)c1ccc(Oc2ccccc2)cc1. The second kappa shape index (κ2) is 9.80. The summed E-state index contributed by atoms with van der Waals surface area (Å²) in [6.45, 7) is 0.602. The van der Waals surface area contributed by atoms with Gasteiger partial charge in [-0.25, -0.2) is 4.98 Å². The monoisotopic (exact) mass is 415 g/mol. The molecule has 1 N–H and O–H groups in total. The summed E-state index contributed by atoms with van der Waals surface area (Å²) in [5, 5.41) is 6.09. The minimum Gasteiger partial charge on any atom is -0.457 e. The quantitative estimate of drug-likeness (QED) is 0.394. The van der Waals surface area contributed by atoms with E-state index in [2.05, 4.69) is 20.7 Å². The van der Waals surface area contributed by atoms with Gasteiger partial charge in [0, 0.05) is 41.9 Å². The van der Waals surface area contributed by atoms with Crippen LogP contribution in [0.25, 0.3) is 11.3 Å². The highest BCUT2D eigenvalue weighted by Gasteiger charge is 2.07. The molecule has 0 bridgehead atoms. The van der Waals surface area contributed by atoms with E-state index in [-0.39, 0.29) is 5.91 Å². The maximum absolute atomic E-state index is 12.3. The number of hydrogen-bond donors (Lipinski definition) is 1. The van der Waals surface area contributed by atoms with Crippen LogP contribution in [0.5, 0.6) is 11.5 Å². The van der Waals surface area contributed by atoms with E-state index in [1.807, 2.05) is 42.5 Å². The Balaban J connectivity index is 1.23. The first-order chi connectivity index (χ1) is 14.8. The largest absolute Gasteiger partial charge is 0.457 e. The summed E-state index contributed by atoms with van der Waals surface area (Å²) in [6, 6.07) is 20.6. The van der Waals surface area contributed by atoms with Crippen molar-refractivity contribution in [1.29, 1.82) is 0 Å². The molecule has 0 aliphatic heterocycles. The predicted molar refractivity (Wildman–Crippen MR) is 119 cm³/mol. The standard InChI is InChI=1S/C24H21N3O2S/c28-24(19-8-10-21(11-9-19)29-20-5-2-1-3-6-20)26-14-4-7-23-27-22(17-30-23)18-12-15-25-16-13-18/h1-3,5-6,8-13,15-17H,4,7,14H2,(H,26,28). The van der Waals surface area contributed by atoms with Gasteiger partial charge in [-0.2, -0.15) is 0 Å². The average molecular weight is 416 g/mol. The smallest absolute Gasteiger partial charge is 0.251 e. The Morgan fingerprint density at radius 1 is 0.933 bits per heavy atom. The third-order valence-electron chi connectivity index (χ3n) is 4.48. The second-order valence-electron chi connectivity index (χ2n) is 6.66. The lowest BCUT2D eigenvalue weighted by atomic mass is 10.2. The predicted octanol–water partition coefficient (Wildman–Crippen LogP) is 5.36. The molecule has 0 atom stereocenters. The van der Waals surface area contributed by atoms with Crippen LogP contribution in [0.3, 0.4) is 0 Å². The van der Waals surface area contributed by atoms with Gasteiger partial charge < -0.3 is 10.1 Å². The molecule has 0 saturated heterocycles. The number of ether oxygens (including phenoxy) is 1. The summed E-state index contributed by atoms with van der Waals surface area (Å²) in [6.07, 6.45) is 5.21. The number of hydrogen-bond acceptors (Lipinski definition) is 5. The summed E-state index contributed by atoms with van der Waals surface area (Å²) in [5.41, 5.74) is 2.66. The summed E-state index contributed by atoms with van der Waals surface area (Å²) in [4.78, 5) is 21.0. The van der Waals surface area contributed by atoms with E-state index < -0.39 is 0 Å². The van der Waals surface area contributed by atoms with E-state index in [1.54, 1.807) is 48.0 Å². The van der Waals surface area contributed by atoms with Gasteiger partial charge in [-0.3, -0.25) is 9.78 Å². The third kappa shape index (κ3) is 5.30. The highest BCUT2D eigenvalue weighted by molar-refractivity contribution is 7.09. The van der Waals surface area contributed by atoms with Crippen LogP contribution >= 0.6 is 11.3 Å². The lowest BCUT2D eigenvalue weighted by molar-refractivity contribution is 0.0953. The van der Waals surface area contributed by atoms with Crippen LogP contribution in [0.4, 0.5) is 0 Å². The molecule has 4 rings (SSSR count). The van der Waals surface area contributed by atoms with Crippen LogP contribution in [-0.2, 0) is 6.42 Å². The van der Waals surface area contributed by atoms with Crippen LogP contribution in [-0.4, -0.2) is 22.4 Å². The number of rotatable bonds is 8. The highest BCUT2D eigenvalue weighted by atomic mass is 32.1. The number of aryl methyl sites for hydroxylation is 1. The van der Waals surface area contributed by atoms with Crippen molar-refractivity contribution in [1.82, 2.24) is 15.3 Å². The van der Waals surface area contributed by atoms with Crippen molar-refractivity contribution in [2.45, 2.75) is 12.8 Å². The van der Waals surface area contributed by atoms with Gasteiger partial charge in [0.2, 0.25) is 0 Å². The molecule has 2 aromatic carbocycles. The summed E-state index contributed by atoms with van der Waals surface area (Å²) >= 11 is 1.64. The van der Waals surface area contributed by atoms with Gasteiger partial charge in [-0.1, -0.05) is 18.2 Å². The fourth-order valence-electron chi connectivity index (χ4n) is 2.92. The van der Waals surface area contributed by atoms with Crippen molar-refractivity contribution in [3.8, 4) is 22.8 Å². The molecule has 0 aliphatic carbocycles. The molecule has 2 aromatic heterocycles. The molecule has 0 radical (unpaired) electrons. The van der Waals surface area contributed by atoms with E-state index in [1.165, 1.54) is 0 Å². The highest BCUT2D eigenvalue weighted by Crippen LogP contribution is 2.22. The first kappa shape index (κ1) is 19.8. The zero-order valence-electron chi connectivity index (χ0n) is 16.3. The molecule has 30 heavy (non-hydrogen) atoms. The zero-order chi connectivity index (χ0) is 20.6. The molecule has 5 nitrogen and oxygen atoms in total. The summed E-state index contributed by atoms with van der Waals surface area (Å²) < 4.78 is 5.75. The second-order valence-corrected chi connectivity index (χ2v) is 7.60. The number of para-hydroxylation sites is 1. The Labute approximate surface area is 179 Å². The maximum Gasteiger partial charge on any atom is 0.251 e. The first-order valence-electron chi connectivity index (χ1n) is 9.74. The Kier molecular flexibility index (Phi) is 6.47. The normalized spacial score (nSPS) is 10.5. The van der Waals surface area contributed by atoms with Crippen molar-refractivity contribution in [3.63, 3.8) is 0 Å². The van der Waals surface area contributed by atoms with E-state index in [4.69, 9.17) is 4.74 Å². The molecule has 0 unspecified atom stereocenters. The van der Waals surface area contributed by atoms with Crippen LogP contribution in [0.1, 0.15) is 21.8 Å². The van der Waals surface area contributed by atoms with Crippen molar-refractivity contribution >= 4 is 17.2 Å². The lowest BCUT2D eigenvalue weighted by Gasteiger charge is -2.07. The topological polar surface area (TPSA) is 64.1 Å². The number of nitrogens with zero attached hydrogens (tertiary/aromatic N) is 2. The van der Waals surface area contributed by atoms with Crippen LogP contribution in [0.15, 0.2) is 84.5 Å². The van der Waals surface area contributed by atoms with Gasteiger partial charge in [0.05, 0.1) is 10.7 Å². The molecular weight excluding hydrogens is 394 g/mol. The minimum absolute atomic E-state index is 0.0853. The number of amides is 1. The zero-order valence-corrected chi connectivity index (χ0v) is 17.1. The number of thiazole rings is 1. The molecule has 0 aliphatic rings. The fraction of sp³-hybridized carbons (Fsp3) is 0.125. The van der Waals surface area contributed by atoms with Gasteiger partial charge in [0.25, 0.3) is 5.91 Å². The van der Waals surface area contributed by atoms with Gasteiger partial charge in [0.1, 0.15) is 11.5 Å². The van der Waals surface area contributed by atoms with Gasteiger partial charge in [-0.15, -0.1) is 11.3 Å². The summed E-state index contributed by atoms with van der Waals surface area (Å²) in [5.74, 6) is 1.38. The Hall–Kier alpha value is -3.51.